The maximum Gasteiger partial charge on any atom is 0.247 e. The first-order chi connectivity index (χ1) is 35.2. The molecule has 75 heavy (non-hydrogen) atoms. The highest BCUT2D eigenvalue weighted by Gasteiger charge is 2.49. The third-order valence-corrected chi connectivity index (χ3v) is 20.2. The molecule has 0 saturated carbocycles. The zero-order valence-electron chi connectivity index (χ0n) is 48.6. The summed E-state index contributed by atoms with van der Waals surface area (Å²) in [6, 6.07) is 54.3. The van der Waals surface area contributed by atoms with Crippen molar-refractivity contribution in [2.24, 2.45) is 0 Å². The summed E-state index contributed by atoms with van der Waals surface area (Å²) in [5.74, 6) is 0.172. The maximum atomic E-state index is 2.80. The molecular formula is C73H84BN. The molecule has 3 aliphatic carbocycles. The van der Waals surface area contributed by atoms with Crippen molar-refractivity contribution >= 4 is 40.2 Å². The number of fused-ring (bicyclic) bond motifs is 7. The number of rotatable bonds is 6. The lowest BCUT2D eigenvalue weighted by atomic mass is 9.30. The topological polar surface area (TPSA) is 3.24 Å². The second-order valence-corrected chi connectivity index (χ2v) is 29.4. The summed E-state index contributed by atoms with van der Waals surface area (Å²) in [5.41, 5.74) is 29.3. The molecule has 0 saturated heterocycles. The zero-order valence-corrected chi connectivity index (χ0v) is 48.6. The van der Waals surface area contributed by atoms with Crippen LogP contribution >= 0.6 is 0 Å². The van der Waals surface area contributed by atoms with Gasteiger partial charge >= 0.3 is 0 Å². The Hall–Kier alpha value is -5.60. The molecule has 5 aliphatic rings. The van der Waals surface area contributed by atoms with Gasteiger partial charge in [0.2, 0.25) is 6.71 Å². The molecule has 0 spiro atoms. The van der Waals surface area contributed by atoms with Crippen LogP contribution in [0.15, 0.2) is 133 Å². The summed E-state index contributed by atoms with van der Waals surface area (Å²) in [5, 5.41) is 0. The van der Waals surface area contributed by atoms with Crippen molar-refractivity contribution in [3.63, 3.8) is 0 Å². The van der Waals surface area contributed by atoms with Gasteiger partial charge < -0.3 is 4.90 Å². The molecule has 2 heteroatoms. The van der Waals surface area contributed by atoms with Crippen molar-refractivity contribution in [1.82, 2.24) is 0 Å². The Morgan fingerprint density at radius 1 is 0.480 bits per heavy atom. The van der Waals surface area contributed by atoms with Gasteiger partial charge in [0.1, 0.15) is 0 Å². The van der Waals surface area contributed by atoms with Gasteiger partial charge in [-0.25, -0.2) is 0 Å². The fourth-order valence-corrected chi connectivity index (χ4v) is 15.7. The van der Waals surface area contributed by atoms with Crippen LogP contribution in [-0.4, -0.2) is 6.71 Å². The normalized spacial score (nSPS) is 21.0. The highest BCUT2D eigenvalue weighted by Crippen LogP contribution is 2.55. The molecule has 2 atom stereocenters. The molecule has 2 aliphatic heterocycles. The van der Waals surface area contributed by atoms with E-state index in [2.05, 4.69) is 249 Å². The minimum absolute atomic E-state index is 0.0218. The Balaban J connectivity index is 1.25. The molecule has 0 fully saturated rings. The molecule has 384 valence electrons. The van der Waals surface area contributed by atoms with E-state index in [-0.39, 0.29) is 56.5 Å². The standard InChI is InChI=1S/C73H84BN/c1-45-35-56-58(73(15,16)44-72(56,13)14)41-52(45)65-51-29-27-49(67(2,3)4)39-61(51)74-62-42-59-60(71(11,12)34-33-70(59,9)10)43-63(62)75(50-28-30-55-57(40-50)69(7,8)32-31-68(55,5)6)64-38-48(37-54(65)66(64)74)53(47-25-21-18-22-26-47)36-46-23-19-17-20-24-46/h17-30,35,37-43,53,65H,31-34,36,44H2,1-16H3. The molecule has 12 rings (SSSR count). The summed E-state index contributed by atoms with van der Waals surface area (Å²) in [4.78, 5) is 2.80. The van der Waals surface area contributed by atoms with Gasteiger partial charge in [0.25, 0.3) is 0 Å². The first-order valence-electron chi connectivity index (χ1n) is 28.9. The van der Waals surface area contributed by atoms with Crippen LogP contribution in [0.4, 0.5) is 17.1 Å². The van der Waals surface area contributed by atoms with Crippen molar-refractivity contribution in [2.75, 3.05) is 4.90 Å². The fourth-order valence-electron chi connectivity index (χ4n) is 15.7. The quantitative estimate of drug-likeness (QED) is 0.150. The molecule has 1 nitrogen and oxygen atoms in total. The number of aryl methyl sites for hydroxylation is 1. The first-order valence-corrected chi connectivity index (χ1v) is 28.9. The lowest BCUT2D eigenvalue weighted by molar-refractivity contribution is 0.332. The molecule has 0 N–H and O–H groups in total. The van der Waals surface area contributed by atoms with E-state index in [9.17, 15) is 0 Å². The van der Waals surface area contributed by atoms with Gasteiger partial charge in [-0.15, -0.1) is 0 Å². The van der Waals surface area contributed by atoms with E-state index in [1.54, 1.807) is 0 Å². The van der Waals surface area contributed by atoms with Crippen molar-refractivity contribution in [3.8, 4) is 0 Å². The predicted octanol–water partition coefficient (Wildman–Crippen LogP) is 17.1. The average Bonchev–Trinajstić information content (AvgIpc) is 3.57. The third kappa shape index (κ3) is 7.98. The summed E-state index contributed by atoms with van der Waals surface area (Å²) in [6.07, 6.45) is 6.80. The summed E-state index contributed by atoms with van der Waals surface area (Å²) < 4.78 is 0. The van der Waals surface area contributed by atoms with E-state index in [1.807, 2.05) is 0 Å². The Morgan fingerprint density at radius 3 is 1.67 bits per heavy atom. The molecule has 2 unspecified atom stereocenters. The van der Waals surface area contributed by atoms with Crippen LogP contribution in [0.1, 0.15) is 226 Å². The predicted molar refractivity (Wildman–Crippen MR) is 323 cm³/mol. The first kappa shape index (κ1) is 50.2. The van der Waals surface area contributed by atoms with E-state index in [4.69, 9.17) is 0 Å². The minimum atomic E-state index is -0.0218. The van der Waals surface area contributed by atoms with Crippen LogP contribution in [-0.2, 0) is 44.3 Å². The van der Waals surface area contributed by atoms with Gasteiger partial charge in [0.05, 0.1) is 0 Å². The Bertz CT molecular complexity index is 3440. The number of hydrogen-bond donors (Lipinski definition) is 0. The summed E-state index contributed by atoms with van der Waals surface area (Å²) in [7, 11) is 0. The summed E-state index contributed by atoms with van der Waals surface area (Å²) >= 11 is 0. The maximum absolute atomic E-state index is 2.80. The lowest BCUT2D eigenvalue weighted by Crippen LogP contribution is -2.62. The minimum Gasteiger partial charge on any atom is -0.311 e. The number of nitrogens with zero attached hydrogens (tertiary/aromatic N) is 1. The van der Waals surface area contributed by atoms with Gasteiger partial charge in [0.15, 0.2) is 0 Å². The fraction of sp³-hybridized carbons (Fsp3) is 0.425. The molecular weight excluding hydrogens is 902 g/mol. The van der Waals surface area contributed by atoms with Gasteiger partial charge in [-0.1, -0.05) is 219 Å². The smallest absolute Gasteiger partial charge is 0.247 e. The van der Waals surface area contributed by atoms with Gasteiger partial charge in [-0.3, -0.25) is 0 Å². The average molecular weight is 986 g/mol. The zero-order chi connectivity index (χ0) is 53.2. The second-order valence-electron chi connectivity index (χ2n) is 29.4. The van der Waals surface area contributed by atoms with Crippen LogP contribution < -0.4 is 21.3 Å². The number of benzene rings is 7. The lowest BCUT2D eigenvalue weighted by Gasteiger charge is -2.48. The second kappa shape index (κ2) is 16.7. The molecule has 7 aromatic carbocycles. The van der Waals surface area contributed by atoms with Crippen molar-refractivity contribution < 1.29 is 0 Å². The van der Waals surface area contributed by atoms with E-state index < -0.39 is 0 Å². The number of anilines is 3. The highest BCUT2D eigenvalue weighted by atomic mass is 15.2. The van der Waals surface area contributed by atoms with Crippen LogP contribution in [0.2, 0.25) is 0 Å². The van der Waals surface area contributed by atoms with Crippen LogP contribution in [0.25, 0.3) is 0 Å². The molecule has 2 heterocycles. The monoisotopic (exact) mass is 986 g/mol. The van der Waals surface area contributed by atoms with E-state index in [0.717, 1.165) is 12.8 Å². The van der Waals surface area contributed by atoms with Crippen molar-refractivity contribution in [2.45, 2.75) is 199 Å². The Labute approximate surface area is 453 Å². The van der Waals surface area contributed by atoms with Gasteiger partial charge in [0, 0.05) is 28.9 Å². The van der Waals surface area contributed by atoms with Gasteiger partial charge in [-0.05, 0) is 196 Å². The van der Waals surface area contributed by atoms with Crippen molar-refractivity contribution in [3.05, 3.63) is 211 Å². The van der Waals surface area contributed by atoms with Crippen LogP contribution in [0.5, 0.6) is 0 Å². The number of hydrogen-bond acceptors (Lipinski definition) is 1. The van der Waals surface area contributed by atoms with Crippen LogP contribution in [0, 0.1) is 6.92 Å². The molecule has 0 radical (unpaired) electrons. The van der Waals surface area contributed by atoms with Crippen LogP contribution in [0.3, 0.4) is 0 Å². The largest absolute Gasteiger partial charge is 0.311 e. The van der Waals surface area contributed by atoms with E-state index in [0.29, 0.717) is 0 Å². The van der Waals surface area contributed by atoms with Crippen molar-refractivity contribution in [1.29, 1.82) is 0 Å². The Morgan fingerprint density at radius 2 is 1.04 bits per heavy atom. The van der Waals surface area contributed by atoms with E-state index in [1.165, 1.54) is 137 Å². The van der Waals surface area contributed by atoms with Gasteiger partial charge in [-0.2, -0.15) is 0 Å². The molecule has 7 aromatic rings. The van der Waals surface area contributed by atoms with E-state index >= 15 is 0 Å². The molecule has 0 aromatic heterocycles. The summed E-state index contributed by atoms with van der Waals surface area (Å²) in [6.45, 7) is 39.6. The molecule has 0 amide bonds. The third-order valence-electron chi connectivity index (χ3n) is 20.2. The highest BCUT2D eigenvalue weighted by molar-refractivity contribution is 6.99. The molecule has 0 bridgehead atoms. The SMILES string of the molecule is Cc1cc2c(cc1C1c3ccc(C(C)(C)C)cc3B3c4cc5c(cc4N(c4ccc6c(c4)C(C)(C)CCC6(C)C)c4cc(C(Cc6ccccc6)c6ccccc6)cc1c43)C(C)(C)CCC5(C)C)C(C)(C)CC2(C)C. The Kier molecular flexibility index (Phi) is 11.2.